The first-order valence-corrected chi connectivity index (χ1v) is 10.2. The first-order chi connectivity index (χ1) is 14.2. The second kappa shape index (κ2) is 8.97. The maximum atomic E-state index is 13.0. The predicted octanol–water partition coefficient (Wildman–Crippen LogP) is 3.83. The first-order valence-electron chi connectivity index (χ1n) is 10.2. The summed E-state index contributed by atoms with van der Waals surface area (Å²) in [5, 5.41) is 0. The van der Waals surface area contributed by atoms with Gasteiger partial charge in [-0.25, -0.2) is 0 Å². The summed E-state index contributed by atoms with van der Waals surface area (Å²) < 4.78 is 7.76. The molecule has 0 saturated carbocycles. The van der Waals surface area contributed by atoms with Crippen molar-refractivity contribution in [1.82, 2.24) is 14.4 Å². The van der Waals surface area contributed by atoms with Gasteiger partial charge in [0.05, 0.1) is 6.61 Å². The van der Waals surface area contributed by atoms with Crippen molar-refractivity contribution in [1.29, 1.82) is 0 Å². The molecule has 3 aromatic rings. The summed E-state index contributed by atoms with van der Waals surface area (Å²) in [6.45, 7) is 6.73. The van der Waals surface area contributed by atoms with Crippen LogP contribution in [-0.2, 0) is 6.54 Å². The van der Waals surface area contributed by atoms with Crippen molar-refractivity contribution in [2.75, 3.05) is 32.8 Å². The van der Waals surface area contributed by atoms with E-state index in [9.17, 15) is 4.79 Å². The van der Waals surface area contributed by atoms with Crippen LogP contribution >= 0.6 is 0 Å². The Hall–Kier alpha value is -3.05. The molecule has 4 rings (SSSR count). The molecular weight excluding hydrogens is 362 g/mol. The molecule has 0 aliphatic carbocycles. The normalized spacial score (nSPS) is 14.7. The van der Waals surface area contributed by atoms with Crippen LogP contribution in [0.25, 0.3) is 5.69 Å². The van der Waals surface area contributed by atoms with Crippen LogP contribution in [0.3, 0.4) is 0 Å². The highest BCUT2D eigenvalue weighted by molar-refractivity contribution is 5.94. The summed E-state index contributed by atoms with van der Waals surface area (Å²) in [6.07, 6.45) is 3.98. The van der Waals surface area contributed by atoms with Gasteiger partial charge in [-0.2, -0.15) is 0 Å². The predicted molar refractivity (Wildman–Crippen MR) is 115 cm³/mol. The van der Waals surface area contributed by atoms with Gasteiger partial charge in [0.1, 0.15) is 5.75 Å². The molecule has 0 bridgehead atoms. The smallest absolute Gasteiger partial charge is 0.254 e. The van der Waals surface area contributed by atoms with E-state index >= 15 is 0 Å². The summed E-state index contributed by atoms with van der Waals surface area (Å²) in [6, 6.07) is 20.0. The van der Waals surface area contributed by atoms with Crippen molar-refractivity contribution in [2.24, 2.45) is 0 Å². The topological polar surface area (TPSA) is 37.7 Å². The maximum absolute atomic E-state index is 13.0. The van der Waals surface area contributed by atoms with Crippen LogP contribution in [0.1, 0.15) is 22.8 Å². The molecule has 29 heavy (non-hydrogen) atoms. The number of hydrogen-bond donors (Lipinski definition) is 0. The van der Waals surface area contributed by atoms with E-state index in [-0.39, 0.29) is 5.91 Å². The number of benzene rings is 2. The number of carbonyl (C=O) groups excluding carboxylic acids is 1. The molecule has 1 aromatic heterocycles. The molecule has 0 radical (unpaired) electrons. The van der Waals surface area contributed by atoms with Crippen LogP contribution in [0.4, 0.5) is 0 Å². The van der Waals surface area contributed by atoms with E-state index in [1.807, 2.05) is 77.3 Å². The number of nitrogens with zero attached hydrogens (tertiary/aromatic N) is 3. The first kappa shape index (κ1) is 19.3. The van der Waals surface area contributed by atoms with Gasteiger partial charge in [-0.1, -0.05) is 24.3 Å². The molecule has 0 spiro atoms. The second-order valence-electron chi connectivity index (χ2n) is 7.25. The minimum absolute atomic E-state index is 0.105. The van der Waals surface area contributed by atoms with Crippen molar-refractivity contribution in [2.45, 2.75) is 13.5 Å². The third-order valence-electron chi connectivity index (χ3n) is 5.32. The van der Waals surface area contributed by atoms with Gasteiger partial charge in [-0.15, -0.1) is 0 Å². The van der Waals surface area contributed by atoms with E-state index in [0.717, 1.165) is 49.7 Å². The molecule has 0 N–H and O–H groups in total. The molecule has 0 unspecified atom stereocenters. The van der Waals surface area contributed by atoms with Crippen LogP contribution in [0.2, 0.25) is 0 Å². The third-order valence-corrected chi connectivity index (χ3v) is 5.32. The zero-order chi connectivity index (χ0) is 20.1. The molecule has 0 atom stereocenters. The number of para-hydroxylation sites is 1. The Morgan fingerprint density at radius 2 is 1.69 bits per heavy atom. The van der Waals surface area contributed by atoms with Gasteiger partial charge >= 0.3 is 0 Å². The molecular formula is C24H27N3O2. The van der Waals surface area contributed by atoms with E-state index in [2.05, 4.69) is 17.0 Å². The summed E-state index contributed by atoms with van der Waals surface area (Å²) >= 11 is 0. The lowest BCUT2D eigenvalue weighted by Gasteiger charge is -2.35. The lowest BCUT2D eigenvalue weighted by atomic mass is 10.1. The number of rotatable bonds is 6. The molecule has 1 saturated heterocycles. The standard InChI is InChI=1S/C24H27N3O2/c1-2-29-23-11-4-3-8-21(23)19-25-14-16-27(17-15-25)24(28)20-9-7-10-22(18-20)26-12-5-6-13-26/h3-13,18H,2,14-17,19H2,1H3. The van der Waals surface area contributed by atoms with Crippen LogP contribution in [-0.4, -0.2) is 53.1 Å². The fourth-order valence-electron chi connectivity index (χ4n) is 3.77. The van der Waals surface area contributed by atoms with Gasteiger partial charge in [0.25, 0.3) is 5.91 Å². The van der Waals surface area contributed by atoms with E-state index < -0.39 is 0 Å². The van der Waals surface area contributed by atoms with Gasteiger partial charge in [-0.3, -0.25) is 9.69 Å². The van der Waals surface area contributed by atoms with Gasteiger partial charge in [0.15, 0.2) is 0 Å². The van der Waals surface area contributed by atoms with Crippen LogP contribution in [0.5, 0.6) is 5.75 Å². The summed E-state index contributed by atoms with van der Waals surface area (Å²) in [4.78, 5) is 17.3. The molecule has 1 amide bonds. The fraction of sp³-hybridized carbons (Fsp3) is 0.292. The molecule has 1 aliphatic rings. The van der Waals surface area contributed by atoms with Crippen molar-refractivity contribution >= 4 is 5.91 Å². The Kier molecular flexibility index (Phi) is 5.96. The molecule has 5 nitrogen and oxygen atoms in total. The minimum Gasteiger partial charge on any atom is -0.494 e. The summed E-state index contributed by atoms with van der Waals surface area (Å²) in [7, 11) is 0. The number of ether oxygens (including phenoxy) is 1. The quantitative estimate of drug-likeness (QED) is 0.643. The molecule has 1 fully saturated rings. The fourth-order valence-corrected chi connectivity index (χ4v) is 3.77. The summed E-state index contributed by atoms with van der Waals surface area (Å²) in [5.41, 5.74) is 2.95. The number of hydrogen-bond acceptors (Lipinski definition) is 3. The van der Waals surface area contributed by atoms with Crippen LogP contribution in [0, 0.1) is 0 Å². The van der Waals surface area contributed by atoms with Crippen LogP contribution < -0.4 is 4.74 Å². The Morgan fingerprint density at radius 1 is 0.931 bits per heavy atom. The van der Waals surface area contributed by atoms with Crippen molar-refractivity contribution in [3.63, 3.8) is 0 Å². The molecule has 2 heterocycles. The molecule has 2 aromatic carbocycles. The number of aromatic nitrogens is 1. The number of amides is 1. The SMILES string of the molecule is CCOc1ccccc1CN1CCN(C(=O)c2cccc(-n3cccc3)c2)CC1. The average Bonchev–Trinajstić information content (AvgIpc) is 3.31. The van der Waals surface area contributed by atoms with E-state index in [1.54, 1.807) is 0 Å². The van der Waals surface area contributed by atoms with Gasteiger partial charge < -0.3 is 14.2 Å². The van der Waals surface area contributed by atoms with Gasteiger partial charge in [0, 0.05) is 61.9 Å². The number of piperazine rings is 1. The lowest BCUT2D eigenvalue weighted by Crippen LogP contribution is -2.48. The Bertz CT molecular complexity index is 944. The van der Waals surface area contributed by atoms with Gasteiger partial charge in [0.2, 0.25) is 0 Å². The minimum atomic E-state index is 0.105. The summed E-state index contributed by atoms with van der Waals surface area (Å²) in [5.74, 6) is 1.06. The lowest BCUT2D eigenvalue weighted by molar-refractivity contribution is 0.0627. The van der Waals surface area contributed by atoms with Gasteiger partial charge in [-0.05, 0) is 43.3 Å². The van der Waals surface area contributed by atoms with E-state index in [1.165, 1.54) is 5.56 Å². The highest BCUT2D eigenvalue weighted by Crippen LogP contribution is 2.21. The monoisotopic (exact) mass is 389 g/mol. The van der Waals surface area contributed by atoms with E-state index in [0.29, 0.717) is 6.61 Å². The van der Waals surface area contributed by atoms with Crippen molar-refractivity contribution in [3.8, 4) is 11.4 Å². The largest absolute Gasteiger partial charge is 0.494 e. The zero-order valence-electron chi connectivity index (χ0n) is 16.8. The average molecular weight is 389 g/mol. The molecule has 1 aliphatic heterocycles. The third kappa shape index (κ3) is 4.51. The highest BCUT2D eigenvalue weighted by atomic mass is 16.5. The number of carbonyl (C=O) groups is 1. The highest BCUT2D eigenvalue weighted by Gasteiger charge is 2.23. The Labute approximate surface area is 172 Å². The van der Waals surface area contributed by atoms with Crippen molar-refractivity contribution < 1.29 is 9.53 Å². The zero-order valence-corrected chi connectivity index (χ0v) is 16.8. The van der Waals surface area contributed by atoms with Crippen molar-refractivity contribution in [3.05, 3.63) is 84.2 Å². The molecule has 150 valence electrons. The van der Waals surface area contributed by atoms with E-state index in [4.69, 9.17) is 4.74 Å². The Balaban J connectivity index is 1.37. The maximum Gasteiger partial charge on any atom is 0.254 e. The van der Waals surface area contributed by atoms with Crippen LogP contribution in [0.15, 0.2) is 73.1 Å². The molecule has 5 heteroatoms. The second-order valence-corrected chi connectivity index (χ2v) is 7.25. The Morgan fingerprint density at radius 3 is 2.45 bits per heavy atom.